The first-order valence-electron chi connectivity index (χ1n) is 7.73. The van der Waals surface area contributed by atoms with Crippen LogP contribution in [0.1, 0.15) is 18.5 Å². The van der Waals surface area contributed by atoms with E-state index in [4.69, 9.17) is 9.73 Å². The molecule has 2 bridgehead atoms. The summed E-state index contributed by atoms with van der Waals surface area (Å²) in [5.74, 6) is 1.37. The summed E-state index contributed by atoms with van der Waals surface area (Å²) in [6.07, 6.45) is 2.48. The molecular formula is C16H19ClN4O. The van der Waals surface area contributed by atoms with Crippen molar-refractivity contribution in [3.05, 3.63) is 30.0 Å². The number of hydrogen-bond donors (Lipinski definition) is 1. The highest BCUT2D eigenvalue weighted by atomic mass is 35.5. The SMILES string of the molecule is Cl.c1ccc2c(C3=NCC4(CN5CCC4CC5)O3)n[nH]c2c1. The fraction of sp³-hybridized carbons (Fsp3) is 0.500. The topological polar surface area (TPSA) is 53.5 Å². The Morgan fingerprint density at radius 2 is 2.05 bits per heavy atom. The van der Waals surface area contributed by atoms with E-state index in [0.29, 0.717) is 5.92 Å². The number of benzene rings is 1. The summed E-state index contributed by atoms with van der Waals surface area (Å²) >= 11 is 0. The van der Waals surface area contributed by atoms with Crippen LogP contribution in [0.15, 0.2) is 29.3 Å². The minimum absolute atomic E-state index is 0. The molecule has 3 fully saturated rings. The van der Waals surface area contributed by atoms with Crippen molar-refractivity contribution in [1.29, 1.82) is 0 Å². The number of ether oxygens (including phenoxy) is 1. The molecule has 3 saturated heterocycles. The maximum Gasteiger partial charge on any atom is 0.238 e. The molecule has 0 amide bonds. The summed E-state index contributed by atoms with van der Waals surface area (Å²) < 4.78 is 6.40. The minimum Gasteiger partial charge on any atom is -0.466 e. The molecule has 22 heavy (non-hydrogen) atoms. The molecule has 1 N–H and O–H groups in total. The van der Waals surface area contributed by atoms with Crippen molar-refractivity contribution in [1.82, 2.24) is 15.1 Å². The number of aromatic nitrogens is 2. The van der Waals surface area contributed by atoms with Crippen molar-refractivity contribution in [2.45, 2.75) is 18.4 Å². The average Bonchev–Trinajstić information content (AvgIpc) is 3.13. The lowest BCUT2D eigenvalue weighted by Gasteiger charge is -2.50. The standard InChI is InChI=1S/C16H18N4O.ClH/c1-2-4-13-12(3-1)14(19-18-13)15-17-9-16(21-15)10-20-7-5-11(16)6-8-20;/h1-4,11H,5-10H2,(H,18,19);1H. The Morgan fingerprint density at radius 1 is 1.23 bits per heavy atom. The van der Waals surface area contributed by atoms with E-state index in [1.807, 2.05) is 18.2 Å². The molecule has 1 aromatic heterocycles. The number of nitrogens with one attached hydrogen (secondary N) is 1. The van der Waals surface area contributed by atoms with Crippen molar-refractivity contribution in [2.75, 3.05) is 26.2 Å². The van der Waals surface area contributed by atoms with Crippen LogP contribution in [0.4, 0.5) is 0 Å². The highest BCUT2D eigenvalue weighted by molar-refractivity contribution is 6.05. The second-order valence-corrected chi connectivity index (χ2v) is 6.46. The van der Waals surface area contributed by atoms with Crippen molar-refractivity contribution in [2.24, 2.45) is 10.9 Å². The summed E-state index contributed by atoms with van der Waals surface area (Å²) in [6, 6.07) is 8.14. The van der Waals surface area contributed by atoms with E-state index in [-0.39, 0.29) is 18.0 Å². The van der Waals surface area contributed by atoms with Crippen LogP contribution in [-0.2, 0) is 4.74 Å². The van der Waals surface area contributed by atoms with Crippen molar-refractivity contribution in [3.8, 4) is 0 Å². The Hall–Kier alpha value is -1.59. The summed E-state index contributed by atoms with van der Waals surface area (Å²) in [7, 11) is 0. The van der Waals surface area contributed by atoms with Gasteiger partial charge in [0.2, 0.25) is 5.90 Å². The van der Waals surface area contributed by atoms with E-state index in [0.717, 1.165) is 35.6 Å². The van der Waals surface area contributed by atoms with Crippen molar-refractivity contribution < 1.29 is 4.74 Å². The molecule has 6 heteroatoms. The first-order valence-corrected chi connectivity index (χ1v) is 7.73. The van der Waals surface area contributed by atoms with Gasteiger partial charge in [-0.25, -0.2) is 4.99 Å². The first-order chi connectivity index (χ1) is 10.3. The third kappa shape index (κ3) is 1.88. The smallest absolute Gasteiger partial charge is 0.238 e. The molecule has 4 aliphatic heterocycles. The maximum absolute atomic E-state index is 6.40. The molecule has 2 aromatic rings. The number of halogens is 1. The van der Waals surface area contributed by atoms with E-state index in [1.165, 1.54) is 25.9 Å². The molecule has 0 aliphatic carbocycles. The minimum atomic E-state index is -0.0914. The van der Waals surface area contributed by atoms with Gasteiger partial charge >= 0.3 is 0 Å². The molecule has 116 valence electrons. The number of fused-ring (bicyclic) bond motifs is 3. The summed E-state index contributed by atoms with van der Waals surface area (Å²) in [5.41, 5.74) is 1.80. The van der Waals surface area contributed by atoms with Crippen LogP contribution >= 0.6 is 12.4 Å². The van der Waals surface area contributed by atoms with Gasteiger partial charge in [-0.2, -0.15) is 5.10 Å². The Balaban J connectivity index is 0.00000125. The molecule has 1 aromatic carbocycles. The van der Waals surface area contributed by atoms with Gasteiger partial charge in [0.05, 0.1) is 12.1 Å². The Morgan fingerprint density at radius 3 is 2.82 bits per heavy atom. The van der Waals surface area contributed by atoms with E-state index in [9.17, 15) is 0 Å². The van der Waals surface area contributed by atoms with Gasteiger partial charge in [0.25, 0.3) is 0 Å². The Bertz CT molecular complexity index is 735. The molecule has 1 spiro atoms. The number of nitrogens with zero attached hydrogens (tertiary/aromatic N) is 3. The van der Waals surface area contributed by atoms with Crippen LogP contribution in [0.5, 0.6) is 0 Å². The largest absolute Gasteiger partial charge is 0.466 e. The Kier molecular flexibility index (Phi) is 3.16. The Labute approximate surface area is 135 Å². The second-order valence-electron chi connectivity index (χ2n) is 6.46. The molecule has 5 heterocycles. The van der Waals surface area contributed by atoms with E-state index in [1.54, 1.807) is 0 Å². The van der Waals surface area contributed by atoms with Gasteiger partial charge in [0.1, 0.15) is 5.60 Å². The van der Waals surface area contributed by atoms with Gasteiger partial charge < -0.3 is 4.74 Å². The van der Waals surface area contributed by atoms with Gasteiger partial charge in [-0.05, 0) is 32.0 Å². The normalized spacial score (nSPS) is 32.8. The lowest BCUT2D eigenvalue weighted by Crippen LogP contribution is -2.60. The molecule has 4 aliphatic rings. The molecule has 1 unspecified atom stereocenters. The van der Waals surface area contributed by atoms with Gasteiger partial charge in [0, 0.05) is 17.8 Å². The van der Waals surface area contributed by atoms with E-state index in [2.05, 4.69) is 21.2 Å². The van der Waals surface area contributed by atoms with Gasteiger partial charge in [0.15, 0.2) is 5.69 Å². The number of H-pyrrole nitrogens is 1. The molecule has 1 atom stereocenters. The molecule has 5 nitrogen and oxygen atoms in total. The highest BCUT2D eigenvalue weighted by Crippen LogP contribution is 2.41. The van der Waals surface area contributed by atoms with Crippen LogP contribution in [0, 0.1) is 5.92 Å². The number of aliphatic imine (C=N–C) groups is 1. The number of aromatic amines is 1. The van der Waals surface area contributed by atoms with Crippen LogP contribution < -0.4 is 0 Å². The van der Waals surface area contributed by atoms with E-state index >= 15 is 0 Å². The fourth-order valence-corrected chi connectivity index (χ4v) is 4.13. The predicted octanol–water partition coefficient (Wildman–Crippen LogP) is 2.23. The first kappa shape index (κ1) is 14.0. The van der Waals surface area contributed by atoms with Crippen molar-refractivity contribution in [3.63, 3.8) is 0 Å². The lowest BCUT2D eigenvalue weighted by molar-refractivity contribution is -0.0826. The lowest BCUT2D eigenvalue weighted by atomic mass is 9.75. The molecule has 0 saturated carbocycles. The zero-order valence-corrected chi connectivity index (χ0v) is 13.1. The summed E-state index contributed by atoms with van der Waals surface area (Å²) in [5, 5.41) is 8.58. The van der Waals surface area contributed by atoms with Crippen LogP contribution in [0.3, 0.4) is 0 Å². The van der Waals surface area contributed by atoms with Crippen molar-refractivity contribution >= 4 is 29.2 Å². The van der Waals surface area contributed by atoms with Gasteiger partial charge in [-0.1, -0.05) is 18.2 Å². The number of piperidine rings is 3. The third-order valence-corrected chi connectivity index (χ3v) is 5.29. The van der Waals surface area contributed by atoms with Crippen LogP contribution in [0.25, 0.3) is 10.9 Å². The average molecular weight is 319 g/mol. The molecular weight excluding hydrogens is 300 g/mol. The predicted molar refractivity (Wildman–Crippen MR) is 87.7 cm³/mol. The monoisotopic (exact) mass is 318 g/mol. The highest BCUT2D eigenvalue weighted by Gasteiger charge is 2.51. The van der Waals surface area contributed by atoms with Gasteiger partial charge in [-0.15, -0.1) is 12.4 Å². The zero-order valence-electron chi connectivity index (χ0n) is 12.3. The molecule has 0 radical (unpaired) electrons. The van der Waals surface area contributed by atoms with E-state index < -0.39 is 0 Å². The maximum atomic E-state index is 6.40. The van der Waals surface area contributed by atoms with Crippen LogP contribution in [-0.4, -0.2) is 52.8 Å². The number of para-hydroxylation sites is 1. The zero-order chi connectivity index (χ0) is 13.9. The number of rotatable bonds is 1. The van der Waals surface area contributed by atoms with Crippen LogP contribution in [0.2, 0.25) is 0 Å². The number of hydrogen-bond acceptors (Lipinski definition) is 4. The quantitative estimate of drug-likeness (QED) is 0.877. The third-order valence-electron chi connectivity index (χ3n) is 5.29. The fourth-order valence-electron chi connectivity index (χ4n) is 4.13. The second kappa shape index (κ2) is 4.96. The van der Waals surface area contributed by atoms with Gasteiger partial charge in [-0.3, -0.25) is 10.00 Å². The summed E-state index contributed by atoms with van der Waals surface area (Å²) in [6.45, 7) is 4.24. The molecule has 6 rings (SSSR count). The summed E-state index contributed by atoms with van der Waals surface area (Å²) in [4.78, 5) is 7.22.